The third-order valence-electron chi connectivity index (χ3n) is 3.25. The van der Waals surface area contributed by atoms with Gasteiger partial charge in [0.25, 0.3) is 0 Å². The highest BCUT2D eigenvalue weighted by Crippen LogP contribution is 2.24. The van der Waals surface area contributed by atoms with Crippen LogP contribution in [-0.2, 0) is 4.74 Å². The van der Waals surface area contributed by atoms with Gasteiger partial charge in [-0.2, -0.15) is 0 Å². The van der Waals surface area contributed by atoms with Crippen LogP contribution in [0.5, 0.6) is 11.5 Å². The van der Waals surface area contributed by atoms with Crippen LogP contribution in [0, 0.1) is 0 Å². The molecule has 2 aromatic rings. The van der Waals surface area contributed by atoms with Crippen LogP contribution in [0.25, 0.3) is 0 Å². The lowest BCUT2D eigenvalue weighted by Gasteiger charge is -2.18. The first-order chi connectivity index (χ1) is 10.7. The molecule has 2 rings (SSSR count). The number of hydrogen-bond acceptors (Lipinski definition) is 4. The summed E-state index contributed by atoms with van der Waals surface area (Å²) in [7, 11) is 3.99. The molecule has 1 N–H and O–H groups in total. The second-order valence-electron chi connectivity index (χ2n) is 5.33. The van der Waals surface area contributed by atoms with E-state index >= 15 is 0 Å². The van der Waals surface area contributed by atoms with Crippen molar-refractivity contribution in [3.63, 3.8) is 0 Å². The summed E-state index contributed by atoms with van der Waals surface area (Å²) in [5.74, 6) is 1.57. The third kappa shape index (κ3) is 5.15. The van der Waals surface area contributed by atoms with E-state index in [4.69, 9.17) is 9.47 Å². The second kappa shape index (κ2) is 8.54. The van der Waals surface area contributed by atoms with Gasteiger partial charge in [-0.05, 0) is 43.9 Å². The second-order valence-corrected chi connectivity index (χ2v) is 5.33. The number of likely N-dealkylation sites (N-methyl/N-ethyl adjacent to an activating group) is 1. The van der Waals surface area contributed by atoms with Gasteiger partial charge in [0.05, 0.1) is 13.2 Å². The molecular formula is C18H23NO3. The van der Waals surface area contributed by atoms with Crippen LogP contribution in [0.3, 0.4) is 0 Å². The van der Waals surface area contributed by atoms with Crippen LogP contribution in [0.1, 0.15) is 11.7 Å². The van der Waals surface area contributed by atoms with E-state index < -0.39 is 0 Å². The predicted octanol–water partition coefficient (Wildman–Crippen LogP) is 3.09. The zero-order chi connectivity index (χ0) is 15.8. The summed E-state index contributed by atoms with van der Waals surface area (Å²) < 4.78 is 11.5. The summed E-state index contributed by atoms with van der Waals surface area (Å²) in [6, 6.07) is 17.3. The molecule has 0 bridgehead atoms. The fraction of sp³-hybridized carbons (Fsp3) is 0.333. The summed E-state index contributed by atoms with van der Waals surface area (Å²) in [6.45, 7) is 1.37. The minimum absolute atomic E-state index is 0.0354. The largest absolute Gasteiger partial charge is 0.457 e. The fourth-order valence-electron chi connectivity index (χ4n) is 2.01. The Bertz CT molecular complexity index is 540. The predicted molar refractivity (Wildman–Crippen MR) is 87.3 cm³/mol. The molecule has 1 atom stereocenters. The van der Waals surface area contributed by atoms with Crippen molar-refractivity contribution in [2.45, 2.75) is 6.10 Å². The van der Waals surface area contributed by atoms with Crippen molar-refractivity contribution in [3.05, 3.63) is 60.2 Å². The summed E-state index contributed by atoms with van der Waals surface area (Å²) in [5, 5.41) is 9.48. The first-order valence-corrected chi connectivity index (χ1v) is 7.39. The van der Waals surface area contributed by atoms with Crippen molar-refractivity contribution in [3.8, 4) is 11.5 Å². The summed E-state index contributed by atoms with van der Waals surface area (Å²) in [4.78, 5) is 2.05. The molecule has 2 aromatic carbocycles. The minimum Gasteiger partial charge on any atom is -0.457 e. The molecule has 0 aliphatic rings. The molecule has 0 saturated carbocycles. The van der Waals surface area contributed by atoms with Crippen LogP contribution in [0.2, 0.25) is 0 Å². The van der Waals surface area contributed by atoms with E-state index in [1.54, 1.807) is 0 Å². The van der Waals surface area contributed by atoms with Gasteiger partial charge in [-0.25, -0.2) is 0 Å². The average Bonchev–Trinajstić information content (AvgIpc) is 2.53. The number of ether oxygens (including phenoxy) is 2. The van der Waals surface area contributed by atoms with Gasteiger partial charge in [0, 0.05) is 6.54 Å². The van der Waals surface area contributed by atoms with E-state index in [-0.39, 0.29) is 12.7 Å². The third-order valence-corrected chi connectivity index (χ3v) is 3.25. The first kappa shape index (κ1) is 16.5. The van der Waals surface area contributed by atoms with Gasteiger partial charge in [-0.1, -0.05) is 30.3 Å². The Balaban J connectivity index is 1.94. The van der Waals surface area contributed by atoms with Crippen molar-refractivity contribution >= 4 is 0 Å². The summed E-state index contributed by atoms with van der Waals surface area (Å²) in [5.41, 5.74) is 0.946. The van der Waals surface area contributed by atoms with Gasteiger partial charge in [-0.15, -0.1) is 0 Å². The van der Waals surface area contributed by atoms with Gasteiger partial charge in [0.1, 0.15) is 17.6 Å². The molecule has 0 aliphatic carbocycles. The zero-order valence-electron chi connectivity index (χ0n) is 13.1. The van der Waals surface area contributed by atoms with Crippen LogP contribution in [-0.4, -0.2) is 43.9 Å². The number of aliphatic hydroxyl groups excluding tert-OH is 1. The average molecular weight is 301 g/mol. The van der Waals surface area contributed by atoms with Crippen LogP contribution in [0.15, 0.2) is 54.6 Å². The van der Waals surface area contributed by atoms with Crippen molar-refractivity contribution in [2.24, 2.45) is 0 Å². The SMILES string of the molecule is CN(C)CCOC(CO)c1ccc(Oc2ccccc2)cc1. The minimum atomic E-state index is -0.300. The van der Waals surface area contributed by atoms with Crippen molar-refractivity contribution in [2.75, 3.05) is 33.9 Å². The number of rotatable bonds is 8. The number of benzene rings is 2. The normalized spacial score (nSPS) is 12.4. The molecule has 0 fully saturated rings. The van der Waals surface area contributed by atoms with Gasteiger partial charge >= 0.3 is 0 Å². The monoisotopic (exact) mass is 301 g/mol. The van der Waals surface area contributed by atoms with E-state index in [9.17, 15) is 5.11 Å². The van der Waals surface area contributed by atoms with Crippen LogP contribution < -0.4 is 4.74 Å². The molecule has 4 nitrogen and oxygen atoms in total. The van der Waals surface area contributed by atoms with Gasteiger partial charge < -0.3 is 19.5 Å². The lowest BCUT2D eigenvalue weighted by atomic mass is 10.1. The van der Waals surface area contributed by atoms with Crippen molar-refractivity contribution < 1.29 is 14.6 Å². The Kier molecular flexibility index (Phi) is 6.40. The molecule has 0 spiro atoms. The fourth-order valence-corrected chi connectivity index (χ4v) is 2.01. The highest BCUT2D eigenvalue weighted by atomic mass is 16.5. The van der Waals surface area contributed by atoms with Crippen molar-refractivity contribution in [1.82, 2.24) is 4.90 Å². The van der Waals surface area contributed by atoms with Crippen molar-refractivity contribution in [1.29, 1.82) is 0 Å². The molecule has 118 valence electrons. The molecule has 1 unspecified atom stereocenters. The highest BCUT2D eigenvalue weighted by molar-refractivity contribution is 5.33. The number of para-hydroxylation sites is 1. The molecule has 0 radical (unpaired) electrons. The van der Waals surface area contributed by atoms with E-state index in [0.29, 0.717) is 6.61 Å². The van der Waals surface area contributed by atoms with E-state index in [0.717, 1.165) is 23.6 Å². The molecule has 0 amide bonds. The first-order valence-electron chi connectivity index (χ1n) is 7.39. The van der Waals surface area contributed by atoms with E-state index in [1.807, 2.05) is 73.6 Å². The number of hydrogen-bond donors (Lipinski definition) is 1. The maximum atomic E-state index is 9.48. The van der Waals surface area contributed by atoms with Gasteiger partial charge in [0.2, 0.25) is 0 Å². The molecule has 0 saturated heterocycles. The molecule has 0 aromatic heterocycles. The Morgan fingerprint density at radius 1 is 0.955 bits per heavy atom. The Morgan fingerprint density at radius 2 is 1.59 bits per heavy atom. The standard InChI is InChI=1S/C18H23NO3/c1-19(2)12-13-21-18(14-20)15-8-10-17(11-9-15)22-16-6-4-3-5-7-16/h3-11,18,20H,12-14H2,1-2H3. The number of nitrogens with zero attached hydrogens (tertiary/aromatic N) is 1. The molecule has 4 heteroatoms. The van der Waals surface area contributed by atoms with Gasteiger partial charge in [0.15, 0.2) is 0 Å². The number of aliphatic hydroxyl groups is 1. The molecule has 0 aliphatic heterocycles. The maximum Gasteiger partial charge on any atom is 0.127 e. The van der Waals surface area contributed by atoms with E-state index in [2.05, 4.69) is 0 Å². The lowest BCUT2D eigenvalue weighted by Crippen LogP contribution is -2.20. The Morgan fingerprint density at radius 3 is 2.18 bits per heavy atom. The zero-order valence-corrected chi connectivity index (χ0v) is 13.1. The maximum absolute atomic E-state index is 9.48. The smallest absolute Gasteiger partial charge is 0.127 e. The Hall–Kier alpha value is -1.88. The molecule has 22 heavy (non-hydrogen) atoms. The summed E-state index contributed by atoms with van der Waals surface area (Å²) in [6.07, 6.45) is -0.300. The lowest BCUT2D eigenvalue weighted by molar-refractivity contribution is 0.00592. The van der Waals surface area contributed by atoms with Crippen LogP contribution >= 0.6 is 0 Å². The molecular weight excluding hydrogens is 278 g/mol. The van der Waals surface area contributed by atoms with Gasteiger partial charge in [-0.3, -0.25) is 0 Å². The highest BCUT2D eigenvalue weighted by Gasteiger charge is 2.11. The summed E-state index contributed by atoms with van der Waals surface area (Å²) >= 11 is 0. The quantitative estimate of drug-likeness (QED) is 0.813. The molecule has 0 heterocycles. The van der Waals surface area contributed by atoms with E-state index in [1.165, 1.54) is 0 Å². The van der Waals surface area contributed by atoms with Crippen LogP contribution in [0.4, 0.5) is 0 Å². The topological polar surface area (TPSA) is 41.9 Å². The Labute approximate surface area is 131 Å².